The van der Waals surface area contributed by atoms with Crippen LogP contribution in [0.3, 0.4) is 0 Å². The summed E-state index contributed by atoms with van der Waals surface area (Å²) in [5.74, 6) is -0.414. The highest BCUT2D eigenvalue weighted by Gasteiger charge is 2.42. The van der Waals surface area contributed by atoms with Gasteiger partial charge in [0.15, 0.2) is 0 Å². The maximum atomic E-state index is 12.6. The van der Waals surface area contributed by atoms with Gasteiger partial charge in [-0.2, -0.15) is 0 Å². The number of halogens is 1. The minimum absolute atomic E-state index is 0.00652. The Hall–Kier alpha value is -1.42. The standard InChI is InChI=1S/C10H11FN2O/c1-6-9(12)10(14)13(6)8-4-2-7(11)3-5-8/h2-6,9H,12H2,1H3. The Labute approximate surface area is 81.3 Å². The van der Waals surface area contributed by atoms with E-state index >= 15 is 0 Å². The lowest BCUT2D eigenvalue weighted by Crippen LogP contribution is -2.67. The summed E-state index contributed by atoms with van der Waals surface area (Å²) in [5, 5.41) is 0. The smallest absolute Gasteiger partial charge is 0.246 e. The molecule has 1 saturated heterocycles. The molecule has 1 heterocycles. The lowest BCUT2D eigenvalue weighted by atomic mass is 9.97. The normalized spacial score (nSPS) is 26.2. The molecule has 1 amide bonds. The predicted octanol–water partition coefficient (Wildman–Crippen LogP) is 0.888. The summed E-state index contributed by atoms with van der Waals surface area (Å²) in [5.41, 5.74) is 6.26. The lowest BCUT2D eigenvalue weighted by Gasteiger charge is -2.43. The van der Waals surface area contributed by atoms with Crippen LogP contribution in [0.25, 0.3) is 0 Å². The van der Waals surface area contributed by atoms with Gasteiger partial charge < -0.3 is 10.6 Å². The van der Waals surface area contributed by atoms with Crippen molar-refractivity contribution in [2.45, 2.75) is 19.0 Å². The molecule has 0 bridgehead atoms. The first-order chi connectivity index (χ1) is 6.61. The van der Waals surface area contributed by atoms with Crippen molar-refractivity contribution in [1.82, 2.24) is 0 Å². The van der Waals surface area contributed by atoms with E-state index in [0.717, 1.165) is 0 Å². The maximum Gasteiger partial charge on any atom is 0.246 e. The van der Waals surface area contributed by atoms with Crippen LogP contribution < -0.4 is 10.6 Å². The summed E-state index contributed by atoms with van der Waals surface area (Å²) >= 11 is 0. The third-order valence-electron chi connectivity index (χ3n) is 2.55. The molecule has 1 aromatic rings. The molecule has 0 aromatic heterocycles. The number of nitrogens with two attached hydrogens (primary N) is 1. The Morgan fingerprint density at radius 2 is 1.93 bits per heavy atom. The van der Waals surface area contributed by atoms with Crippen molar-refractivity contribution in [2.24, 2.45) is 5.73 Å². The minimum atomic E-state index is -0.417. The first-order valence-corrected chi connectivity index (χ1v) is 4.45. The molecule has 2 unspecified atom stereocenters. The summed E-state index contributed by atoms with van der Waals surface area (Å²) < 4.78 is 12.6. The second kappa shape index (κ2) is 3.06. The van der Waals surface area contributed by atoms with Gasteiger partial charge in [0.2, 0.25) is 5.91 Å². The molecule has 14 heavy (non-hydrogen) atoms. The molecule has 2 rings (SSSR count). The number of β-lactam (4-membered cyclic amide) rings is 1. The van der Waals surface area contributed by atoms with E-state index in [1.54, 1.807) is 17.0 Å². The van der Waals surface area contributed by atoms with E-state index in [1.807, 2.05) is 6.92 Å². The third-order valence-corrected chi connectivity index (χ3v) is 2.55. The predicted molar refractivity (Wildman–Crippen MR) is 51.3 cm³/mol. The van der Waals surface area contributed by atoms with E-state index in [4.69, 9.17) is 5.73 Å². The number of anilines is 1. The fraction of sp³-hybridized carbons (Fsp3) is 0.300. The molecule has 1 fully saturated rings. The highest BCUT2D eigenvalue weighted by molar-refractivity contribution is 6.05. The molecule has 4 heteroatoms. The van der Waals surface area contributed by atoms with Crippen LogP contribution in [0.5, 0.6) is 0 Å². The van der Waals surface area contributed by atoms with Gasteiger partial charge >= 0.3 is 0 Å². The average molecular weight is 194 g/mol. The molecule has 1 aliphatic rings. The van der Waals surface area contributed by atoms with Gasteiger partial charge in [0, 0.05) is 5.69 Å². The van der Waals surface area contributed by atoms with Gasteiger partial charge in [-0.15, -0.1) is 0 Å². The Balaban J connectivity index is 2.25. The number of nitrogens with zero attached hydrogens (tertiary/aromatic N) is 1. The van der Waals surface area contributed by atoms with Crippen LogP contribution in [-0.2, 0) is 4.79 Å². The van der Waals surface area contributed by atoms with E-state index in [0.29, 0.717) is 5.69 Å². The molecule has 1 aromatic carbocycles. The van der Waals surface area contributed by atoms with Crippen molar-refractivity contribution in [3.63, 3.8) is 0 Å². The number of carbonyl (C=O) groups is 1. The fourth-order valence-electron chi connectivity index (χ4n) is 1.61. The number of hydrogen-bond acceptors (Lipinski definition) is 2. The van der Waals surface area contributed by atoms with Crippen LogP contribution in [0, 0.1) is 5.82 Å². The third kappa shape index (κ3) is 1.19. The van der Waals surface area contributed by atoms with Crippen LogP contribution in [-0.4, -0.2) is 18.0 Å². The quantitative estimate of drug-likeness (QED) is 0.675. The SMILES string of the molecule is CC1C(N)C(=O)N1c1ccc(F)cc1. The molecule has 0 aliphatic carbocycles. The van der Waals surface area contributed by atoms with Gasteiger partial charge in [-0.05, 0) is 31.2 Å². The van der Waals surface area contributed by atoms with Crippen molar-refractivity contribution in [3.8, 4) is 0 Å². The molecule has 2 N–H and O–H groups in total. The minimum Gasteiger partial charge on any atom is -0.318 e. The summed E-state index contributed by atoms with van der Waals surface area (Å²) in [6.07, 6.45) is 0. The monoisotopic (exact) mass is 194 g/mol. The van der Waals surface area contributed by atoms with Gasteiger partial charge in [0.25, 0.3) is 0 Å². The molecular formula is C10H11FN2O. The average Bonchev–Trinajstić information content (AvgIpc) is 2.21. The summed E-state index contributed by atoms with van der Waals surface area (Å²) in [6, 6.07) is 5.40. The molecule has 0 radical (unpaired) electrons. The zero-order chi connectivity index (χ0) is 10.3. The summed E-state index contributed by atoms with van der Waals surface area (Å²) in [6.45, 7) is 1.87. The number of amides is 1. The number of benzene rings is 1. The molecule has 1 aliphatic heterocycles. The molecule has 3 nitrogen and oxygen atoms in total. The van der Waals surface area contributed by atoms with E-state index in [1.165, 1.54) is 12.1 Å². The van der Waals surface area contributed by atoms with Crippen molar-refractivity contribution in [1.29, 1.82) is 0 Å². The van der Waals surface area contributed by atoms with Gasteiger partial charge in [-0.25, -0.2) is 4.39 Å². The van der Waals surface area contributed by atoms with Gasteiger partial charge in [0.1, 0.15) is 11.9 Å². The van der Waals surface area contributed by atoms with Crippen molar-refractivity contribution in [2.75, 3.05) is 4.90 Å². The van der Waals surface area contributed by atoms with Crippen LogP contribution in [0.1, 0.15) is 6.92 Å². The second-order valence-electron chi connectivity index (χ2n) is 3.45. The lowest BCUT2D eigenvalue weighted by molar-refractivity contribution is -0.125. The molecule has 74 valence electrons. The van der Waals surface area contributed by atoms with Crippen LogP contribution >= 0.6 is 0 Å². The topological polar surface area (TPSA) is 46.3 Å². The zero-order valence-corrected chi connectivity index (χ0v) is 7.77. The van der Waals surface area contributed by atoms with E-state index in [9.17, 15) is 9.18 Å². The Morgan fingerprint density at radius 1 is 1.36 bits per heavy atom. The Bertz CT molecular complexity index is 363. The number of carbonyl (C=O) groups excluding carboxylic acids is 1. The molecule has 2 atom stereocenters. The van der Waals surface area contributed by atoms with Crippen LogP contribution in [0.4, 0.5) is 10.1 Å². The van der Waals surface area contributed by atoms with E-state index < -0.39 is 6.04 Å². The maximum absolute atomic E-state index is 12.6. The van der Waals surface area contributed by atoms with Crippen molar-refractivity contribution in [3.05, 3.63) is 30.1 Å². The van der Waals surface area contributed by atoms with Crippen LogP contribution in [0.2, 0.25) is 0 Å². The Kier molecular flexibility index (Phi) is 2.00. The summed E-state index contributed by atoms with van der Waals surface area (Å²) in [4.78, 5) is 12.9. The van der Waals surface area contributed by atoms with Gasteiger partial charge in [-0.3, -0.25) is 4.79 Å². The summed E-state index contributed by atoms with van der Waals surface area (Å²) in [7, 11) is 0. The van der Waals surface area contributed by atoms with Crippen LogP contribution in [0.15, 0.2) is 24.3 Å². The highest BCUT2D eigenvalue weighted by atomic mass is 19.1. The number of rotatable bonds is 1. The zero-order valence-electron chi connectivity index (χ0n) is 7.77. The largest absolute Gasteiger partial charge is 0.318 e. The van der Waals surface area contributed by atoms with E-state index in [-0.39, 0.29) is 17.8 Å². The van der Waals surface area contributed by atoms with Crippen molar-refractivity contribution < 1.29 is 9.18 Å². The highest BCUT2D eigenvalue weighted by Crippen LogP contribution is 2.26. The molecule has 0 saturated carbocycles. The molecule has 0 spiro atoms. The molecular weight excluding hydrogens is 183 g/mol. The first-order valence-electron chi connectivity index (χ1n) is 4.45. The fourth-order valence-corrected chi connectivity index (χ4v) is 1.61. The van der Waals surface area contributed by atoms with Crippen molar-refractivity contribution >= 4 is 11.6 Å². The van der Waals surface area contributed by atoms with Gasteiger partial charge in [0.05, 0.1) is 6.04 Å². The Morgan fingerprint density at radius 3 is 2.43 bits per heavy atom. The van der Waals surface area contributed by atoms with Gasteiger partial charge in [-0.1, -0.05) is 0 Å². The second-order valence-corrected chi connectivity index (χ2v) is 3.45. The number of hydrogen-bond donors (Lipinski definition) is 1. The van der Waals surface area contributed by atoms with E-state index in [2.05, 4.69) is 0 Å². The first kappa shape index (κ1) is 9.15.